The summed E-state index contributed by atoms with van der Waals surface area (Å²) in [6, 6.07) is 4.36. The Kier molecular flexibility index (Phi) is 2.91. The molecule has 1 heterocycles. The van der Waals surface area contributed by atoms with Gasteiger partial charge in [-0.2, -0.15) is 0 Å². The molecule has 0 atom stereocenters. The van der Waals surface area contributed by atoms with Gasteiger partial charge in [0.1, 0.15) is 0 Å². The second kappa shape index (κ2) is 3.58. The average Bonchev–Trinajstić information content (AvgIpc) is 2.30. The standard InChI is InChI=1S/C10H17NS/c1-8-5-6-9(12-8)7-11-10(2,3)4/h5-6,11H,7H2,1-4H3. The van der Waals surface area contributed by atoms with Crippen molar-refractivity contribution < 1.29 is 0 Å². The zero-order chi connectivity index (χ0) is 9.19. The van der Waals surface area contributed by atoms with E-state index < -0.39 is 0 Å². The first kappa shape index (κ1) is 9.75. The first-order valence-electron chi connectivity index (χ1n) is 4.28. The van der Waals surface area contributed by atoms with Crippen LogP contribution in [0.4, 0.5) is 0 Å². The van der Waals surface area contributed by atoms with Gasteiger partial charge in [0.25, 0.3) is 0 Å². The molecule has 0 aliphatic heterocycles. The molecule has 0 saturated carbocycles. The molecular formula is C10H17NS. The van der Waals surface area contributed by atoms with Gasteiger partial charge in [-0.25, -0.2) is 0 Å². The lowest BCUT2D eigenvalue weighted by atomic mass is 10.1. The van der Waals surface area contributed by atoms with Crippen LogP contribution in [-0.4, -0.2) is 5.54 Å². The maximum absolute atomic E-state index is 3.46. The van der Waals surface area contributed by atoms with Gasteiger partial charge >= 0.3 is 0 Å². The van der Waals surface area contributed by atoms with Crippen molar-refractivity contribution >= 4 is 11.3 Å². The monoisotopic (exact) mass is 183 g/mol. The highest BCUT2D eigenvalue weighted by Gasteiger charge is 2.08. The summed E-state index contributed by atoms with van der Waals surface area (Å²) in [4.78, 5) is 2.81. The number of thiophene rings is 1. The zero-order valence-electron chi connectivity index (χ0n) is 8.27. The molecule has 1 N–H and O–H groups in total. The first-order valence-corrected chi connectivity index (χ1v) is 5.09. The van der Waals surface area contributed by atoms with E-state index in [-0.39, 0.29) is 5.54 Å². The first-order chi connectivity index (χ1) is 5.47. The summed E-state index contributed by atoms with van der Waals surface area (Å²) in [7, 11) is 0. The lowest BCUT2D eigenvalue weighted by Gasteiger charge is -2.19. The topological polar surface area (TPSA) is 12.0 Å². The van der Waals surface area contributed by atoms with Crippen molar-refractivity contribution in [3.05, 3.63) is 21.9 Å². The average molecular weight is 183 g/mol. The molecule has 0 amide bonds. The summed E-state index contributed by atoms with van der Waals surface area (Å²) >= 11 is 1.87. The van der Waals surface area contributed by atoms with E-state index in [4.69, 9.17) is 0 Å². The molecular weight excluding hydrogens is 166 g/mol. The van der Waals surface area contributed by atoms with Crippen LogP contribution < -0.4 is 5.32 Å². The van der Waals surface area contributed by atoms with E-state index in [1.54, 1.807) is 0 Å². The fourth-order valence-electron chi connectivity index (χ4n) is 0.932. The molecule has 2 heteroatoms. The van der Waals surface area contributed by atoms with E-state index in [0.717, 1.165) is 6.54 Å². The molecule has 0 aliphatic carbocycles. The van der Waals surface area contributed by atoms with Crippen molar-refractivity contribution in [2.75, 3.05) is 0 Å². The predicted octanol–water partition coefficient (Wildman–Crippen LogP) is 2.94. The zero-order valence-corrected chi connectivity index (χ0v) is 9.09. The highest BCUT2D eigenvalue weighted by Crippen LogP contribution is 2.15. The van der Waals surface area contributed by atoms with E-state index in [1.165, 1.54) is 9.75 Å². The normalized spacial score (nSPS) is 12.0. The summed E-state index contributed by atoms with van der Waals surface area (Å²) in [6.45, 7) is 9.70. The molecule has 0 bridgehead atoms. The minimum absolute atomic E-state index is 0.220. The van der Waals surface area contributed by atoms with E-state index in [2.05, 4.69) is 45.1 Å². The van der Waals surface area contributed by atoms with E-state index in [0.29, 0.717) is 0 Å². The number of hydrogen-bond donors (Lipinski definition) is 1. The van der Waals surface area contributed by atoms with Crippen molar-refractivity contribution in [1.29, 1.82) is 0 Å². The summed E-state index contributed by atoms with van der Waals surface area (Å²) in [5, 5.41) is 3.46. The van der Waals surface area contributed by atoms with Crippen molar-refractivity contribution in [2.45, 2.75) is 39.8 Å². The number of hydrogen-bond acceptors (Lipinski definition) is 2. The summed E-state index contributed by atoms with van der Waals surface area (Å²) < 4.78 is 0. The van der Waals surface area contributed by atoms with Gasteiger partial charge in [-0.15, -0.1) is 11.3 Å². The number of rotatable bonds is 2. The molecule has 0 aliphatic rings. The van der Waals surface area contributed by atoms with Gasteiger partial charge < -0.3 is 5.32 Å². The van der Waals surface area contributed by atoms with E-state index in [9.17, 15) is 0 Å². The summed E-state index contributed by atoms with van der Waals surface area (Å²) in [5.41, 5.74) is 0.220. The van der Waals surface area contributed by atoms with E-state index in [1.807, 2.05) is 11.3 Å². The molecule has 0 unspecified atom stereocenters. The molecule has 0 aromatic carbocycles. The summed E-state index contributed by atoms with van der Waals surface area (Å²) in [5.74, 6) is 0. The van der Waals surface area contributed by atoms with Crippen molar-refractivity contribution in [3.8, 4) is 0 Å². The van der Waals surface area contributed by atoms with E-state index >= 15 is 0 Å². The molecule has 0 spiro atoms. The van der Waals surface area contributed by atoms with Gasteiger partial charge in [-0.05, 0) is 39.8 Å². The highest BCUT2D eigenvalue weighted by molar-refractivity contribution is 7.11. The quantitative estimate of drug-likeness (QED) is 0.743. The maximum atomic E-state index is 3.46. The Hall–Kier alpha value is -0.340. The lowest BCUT2D eigenvalue weighted by Crippen LogP contribution is -2.34. The van der Waals surface area contributed by atoms with Crippen LogP contribution in [0.25, 0.3) is 0 Å². The van der Waals surface area contributed by atoms with Crippen molar-refractivity contribution in [3.63, 3.8) is 0 Å². The molecule has 0 radical (unpaired) electrons. The molecule has 68 valence electrons. The molecule has 1 aromatic rings. The largest absolute Gasteiger partial charge is 0.307 e. The molecule has 1 rings (SSSR count). The van der Waals surface area contributed by atoms with Gasteiger partial charge in [-0.3, -0.25) is 0 Å². The molecule has 12 heavy (non-hydrogen) atoms. The van der Waals surface area contributed by atoms with Gasteiger partial charge in [0.2, 0.25) is 0 Å². The van der Waals surface area contributed by atoms with Crippen LogP contribution in [0.1, 0.15) is 30.5 Å². The minimum Gasteiger partial charge on any atom is -0.307 e. The number of aryl methyl sites for hydroxylation is 1. The van der Waals surface area contributed by atoms with Crippen LogP contribution in [0, 0.1) is 6.92 Å². The van der Waals surface area contributed by atoms with Gasteiger partial charge in [-0.1, -0.05) is 0 Å². The Balaban J connectivity index is 2.44. The molecule has 1 nitrogen and oxygen atoms in total. The Morgan fingerprint density at radius 2 is 2.00 bits per heavy atom. The molecule has 0 saturated heterocycles. The van der Waals surface area contributed by atoms with Gasteiger partial charge in [0.05, 0.1) is 0 Å². The van der Waals surface area contributed by atoms with Crippen molar-refractivity contribution in [1.82, 2.24) is 5.32 Å². The van der Waals surface area contributed by atoms with Crippen LogP contribution in [0.3, 0.4) is 0 Å². The van der Waals surface area contributed by atoms with Gasteiger partial charge in [0, 0.05) is 21.8 Å². The van der Waals surface area contributed by atoms with Crippen LogP contribution in [0.2, 0.25) is 0 Å². The Bertz CT molecular complexity index is 245. The van der Waals surface area contributed by atoms with Crippen LogP contribution >= 0.6 is 11.3 Å². The SMILES string of the molecule is Cc1ccc(CNC(C)(C)C)s1. The van der Waals surface area contributed by atoms with Gasteiger partial charge in [0.15, 0.2) is 0 Å². The Morgan fingerprint density at radius 1 is 1.33 bits per heavy atom. The second-order valence-electron chi connectivity index (χ2n) is 4.12. The Morgan fingerprint density at radius 3 is 2.42 bits per heavy atom. The third-order valence-electron chi connectivity index (χ3n) is 1.59. The maximum Gasteiger partial charge on any atom is 0.0304 e. The molecule has 0 fully saturated rings. The van der Waals surface area contributed by atoms with Crippen LogP contribution in [-0.2, 0) is 6.54 Å². The van der Waals surface area contributed by atoms with Crippen molar-refractivity contribution in [2.24, 2.45) is 0 Å². The lowest BCUT2D eigenvalue weighted by molar-refractivity contribution is 0.426. The highest BCUT2D eigenvalue weighted by atomic mass is 32.1. The fraction of sp³-hybridized carbons (Fsp3) is 0.600. The predicted molar refractivity (Wildman–Crippen MR) is 55.6 cm³/mol. The number of nitrogens with one attached hydrogen (secondary N) is 1. The van der Waals surface area contributed by atoms with Crippen LogP contribution in [0.5, 0.6) is 0 Å². The summed E-state index contributed by atoms with van der Waals surface area (Å²) in [6.07, 6.45) is 0. The Labute approximate surface area is 78.8 Å². The van der Waals surface area contributed by atoms with Crippen LogP contribution in [0.15, 0.2) is 12.1 Å². The fourth-order valence-corrected chi connectivity index (χ4v) is 1.76. The molecule has 1 aromatic heterocycles. The smallest absolute Gasteiger partial charge is 0.0304 e. The third-order valence-corrected chi connectivity index (χ3v) is 2.59. The third kappa shape index (κ3) is 3.37. The minimum atomic E-state index is 0.220. The second-order valence-corrected chi connectivity index (χ2v) is 5.49.